The largest absolute Gasteiger partial charge is 0.492 e. The van der Waals surface area contributed by atoms with Gasteiger partial charge in [-0.1, -0.05) is 47.7 Å². The Hall–Kier alpha value is -2.97. The number of hydrogen-bond acceptors (Lipinski definition) is 6. The molecule has 0 saturated carbocycles. The van der Waals surface area contributed by atoms with Gasteiger partial charge in [0.1, 0.15) is 5.82 Å². The summed E-state index contributed by atoms with van der Waals surface area (Å²) in [6, 6.07) is 15.9. The van der Waals surface area contributed by atoms with Crippen molar-refractivity contribution in [1.29, 1.82) is 0 Å². The lowest BCUT2D eigenvalue weighted by Gasteiger charge is -2.45. The van der Waals surface area contributed by atoms with Gasteiger partial charge in [-0.05, 0) is 30.9 Å². The van der Waals surface area contributed by atoms with Crippen LogP contribution in [0.5, 0.6) is 5.88 Å². The monoisotopic (exact) mass is 433 g/mol. The predicted octanol–water partition coefficient (Wildman–Crippen LogP) is 3.18. The molecule has 0 spiro atoms. The minimum Gasteiger partial charge on any atom is -0.492 e. The van der Waals surface area contributed by atoms with E-state index in [0.717, 1.165) is 42.2 Å². The summed E-state index contributed by atoms with van der Waals surface area (Å²) < 4.78 is 3.50. The van der Waals surface area contributed by atoms with Gasteiger partial charge in [0.15, 0.2) is 0 Å². The maximum Gasteiger partial charge on any atom is 0.250 e. The predicted molar refractivity (Wildman–Crippen MR) is 119 cm³/mol. The summed E-state index contributed by atoms with van der Waals surface area (Å²) in [5, 5.41) is 15.4. The Labute approximate surface area is 183 Å². The van der Waals surface area contributed by atoms with Crippen molar-refractivity contribution in [3.8, 4) is 5.88 Å². The molecule has 1 aromatic carbocycles. The lowest BCUT2D eigenvalue weighted by Crippen LogP contribution is -2.48. The molecule has 2 aliphatic heterocycles. The number of thiazole rings is 1. The van der Waals surface area contributed by atoms with Gasteiger partial charge < -0.3 is 9.67 Å². The number of piperidine rings is 1. The second-order valence-corrected chi connectivity index (χ2v) is 9.62. The van der Waals surface area contributed by atoms with Crippen molar-refractivity contribution in [2.24, 2.45) is 5.92 Å². The molecular formula is C23H23N5O2S. The van der Waals surface area contributed by atoms with E-state index in [9.17, 15) is 9.90 Å². The standard InChI is InChI=1S/C23H23N5O2S/c1-14-24-23-28(25-14)22(30)21(31-23)20(16-6-3-2-4-7-16)26-11-15-10-17(13-26)18-8-5-9-19(29)27(18)12-15/h2-9,15,17,20,30H,10-13H2,1H3/t15-,17+,20-/m0/s1. The summed E-state index contributed by atoms with van der Waals surface area (Å²) in [4.78, 5) is 20.9. The van der Waals surface area contributed by atoms with E-state index in [1.807, 2.05) is 35.8 Å². The van der Waals surface area contributed by atoms with Gasteiger partial charge in [-0.2, -0.15) is 4.52 Å². The van der Waals surface area contributed by atoms with Crippen LogP contribution in [-0.2, 0) is 6.54 Å². The number of hydrogen-bond donors (Lipinski definition) is 1. The molecule has 2 aliphatic rings. The molecule has 1 saturated heterocycles. The third-order valence-electron chi connectivity index (χ3n) is 6.54. The molecule has 0 amide bonds. The molecule has 31 heavy (non-hydrogen) atoms. The molecule has 1 fully saturated rings. The first-order chi connectivity index (χ1) is 15.1. The SMILES string of the molecule is Cc1nc2sc([C@H](c3ccccc3)N3C[C@@H]4C[C@H](C3)c3cccc(=O)n3C4)c(O)n2n1. The van der Waals surface area contributed by atoms with Crippen molar-refractivity contribution in [2.75, 3.05) is 13.1 Å². The van der Waals surface area contributed by atoms with Crippen LogP contribution in [0.4, 0.5) is 0 Å². The molecule has 3 atom stereocenters. The molecular weight excluding hydrogens is 410 g/mol. The Morgan fingerprint density at radius 2 is 1.94 bits per heavy atom. The fourth-order valence-electron chi connectivity index (χ4n) is 5.33. The van der Waals surface area contributed by atoms with Gasteiger partial charge in [-0.15, -0.1) is 5.10 Å². The molecule has 0 radical (unpaired) electrons. The maximum absolute atomic E-state index is 12.4. The fourth-order valence-corrected chi connectivity index (χ4v) is 6.50. The number of aryl methyl sites for hydroxylation is 1. The van der Waals surface area contributed by atoms with E-state index in [2.05, 4.69) is 33.2 Å². The first-order valence-electron chi connectivity index (χ1n) is 10.6. The van der Waals surface area contributed by atoms with Crippen LogP contribution in [0.15, 0.2) is 53.3 Å². The molecule has 158 valence electrons. The molecule has 3 aromatic heterocycles. The highest BCUT2D eigenvalue weighted by Gasteiger charge is 2.39. The highest BCUT2D eigenvalue weighted by Crippen LogP contribution is 2.44. The van der Waals surface area contributed by atoms with Crippen LogP contribution in [0.2, 0.25) is 0 Å². The average Bonchev–Trinajstić information content (AvgIpc) is 3.27. The van der Waals surface area contributed by atoms with Crippen molar-refractivity contribution in [3.05, 3.63) is 80.8 Å². The number of pyridine rings is 1. The molecule has 6 rings (SSSR count). The van der Waals surface area contributed by atoms with E-state index >= 15 is 0 Å². The van der Waals surface area contributed by atoms with Crippen molar-refractivity contribution in [3.63, 3.8) is 0 Å². The summed E-state index contributed by atoms with van der Waals surface area (Å²) in [5.41, 5.74) is 2.37. The van der Waals surface area contributed by atoms with Gasteiger partial charge in [0.25, 0.3) is 5.56 Å². The molecule has 4 aromatic rings. The van der Waals surface area contributed by atoms with Gasteiger partial charge >= 0.3 is 0 Å². The van der Waals surface area contributed by atoms with Crippen LogP contribution < -0.4 is 5.56 Å². The summed E-state index contributed by atoms with van der Waals surface area (Å²) >= 11 is 1.50. The van der Waals surface area contributed by atoms with E-state index < -0.39 is 0 Å². The minimum absolute atomic E-state index is 0.0812. The van der Waals surface area contributed by atoms with Crippen LogP contribution >= 0.6 is 11.3 Å². The second-order valence-electron chi connectivity index (χ2n) is 8.61. The molecule has 7 nitrogen and oxygen atoms in total. The quantitative estimate of drug-likeness (QED) is 0.537. The first kappa shape index (κ1) is 18.8. The summed E-state index contributed by atoms with van der Waals surface area (Å²) in [6.07, 6.45) is 1.10. The Kier molecular flexibility index (Phi) is 4.26. The third-order valence-corrected chi connectivity index (χ3v) is 7.61. The van der Waals surface area contributed by atoms with Crippen LogP contribution in [0.1, 0.15) is 40.3 Å². The van der Waals surface area contributed by atoms with Crippen LogP contribution in [0.3, 0.4) is 0 Å². The van der Waals surface area contributed by atoms with Crippen molar-refractivity contribution < 1.29 is 5.11 Å². The number of likely N-dealkylation sites (tertiary alicyclic amines) is 1. The van der Waals surface area contributed by atoms with Crippen LogP contribution in [0, 0.1) is 12.8 Å². The zero-order valence-electron chi connectivity index (χ0n) is 17.2. The lowest BCUT2D eigenvalue weighted by molar-refractivity contribution is 0.0952. The number of aromatic hydroxyl groups is 1. The van der Waals surface area contributed by atoms with Crippen LogP contribution in [0.25, 0.3) is 4.96 Å². The molecule has 0 unspecified atom stereocenters. The van der Waals surface area contributed by atoms with E-state index in [4.69, 9.17) is 0 Å². The third kappa shape index (κ3) is 3.01. The van der Waals surface area contributed by atoms with E-state index in [0.29, 0.717) is 22.6 Å². The molecule has 8 heteroatoms. The average molecular weight is 434 g/mol. The van der Waals surface area contributed by atoms with E-state index in [-0.39, 0.29) is 17.5 Å². The van der Waals surface area contributed by atoms with E-state index in [1.165, 1.54) is 11.3 Å². The normalized spacial score (nSPS) is 21.8. The van der Waals surface area contributed by atoms with Gasteiger partial charge in [-0.3, -0.25) is 9.69 Å². The van der Waals surface area contributed by atoms with Gasteiger partial charge in [0.05, 0.1) is 10.9 Å². The zero-order valence-corrected chi connectivity index (χ0v) is 18.0. The number of benzene rings is 1. The number of nitrogens with zero attached hydrogens (tertiary/aromatic N) is 5. The van der Waals surface area contributed by atoms with Crippen molar-refractivity contribution >= 4 is 16.3 Å². The van der Waals surface area contributed by atoms with Gasteiger partial charge in [0, 0.05) is 37.3 Å². The zero-order chi connectivity index (χ0) is 21.1. The Morgan fingerprint density at radius 3 is 2.74 bits per heavy atom. The smallest absolute Gasteiger partial charge is 0.250 e. The van der Waals surface area contributed by atoms with E-state index in [1.54, 1.807) is 10.6 Å². The van der Waals surface area contributed by atoms with Crippen molar-refractivity contribution in [1.82, 2.24) is 24.1 Å². The highest BCUT2D eigenvalue weighted by atomic mass is 32.1. The van der Waals surface area contributed by atoms with Crippen molar-refractivity contribution in [2.45, 2.75) is 31.8 Å². The molecule has 1 N–H and O–H groups in total. The van der Waals surface area contributed by atoms with Gasteiger partial charge in [0.2, 0.25) is 10.8 Å². The minimum atomic E-state index is -0.0812. The highest BCUT2D eigenvalue weighted by molar-refractivity contribution is 7.17. The summed E-state index contributed by atoms with van der Waals surface area (Å²) in [5.74, 6) is 1.53. The Bertz CT molecular complexity index is 1320. The molecule has 5 heterocycles. The number of aromatic nitrogens is 4. The maximum atomic E-state index is 12.4. The summed E-state index contributed by atoms with van der Waals surface area (Å²) in [7, 11) is 0. The molecule has 0 aliphatic carbocycles. The molecule has 2 bridgehead atoms. The number of rotatable bonds is 3. The fraction of sp³-hybridized carbons (Fsp3) is 0.348. The first-order valence-corrected chi connectivity index (χ1v) is 11.4. The Morgan fingerprint density at radius 1 is 1.10 bits per heavy atom. The topological polar surface area (TPSA) is 75.7 Å². The Balaban J connectivity index is 1.45. The van der Waals surface area contributed by atoms with Gasteiger partial charge in [-0.25, -0.2) is 4.98 Å². The lowest BCUT2D eigenvalue weighted by atomic mass is 9.82. The number of fused-ring (bicyclic) bond motifs is 5. The van der Waals surface area contributed by atoms with Crippen LogP contribution in [-0.4, -0.2) is 42.3 Å². The second kappa shape index (κ2) is 7.03. The summed E-state index contributed by atoms with van der Waals surface area (Å²) in [6.45, 7) is 4.30.